The zero-order valence-electron chi connectivity index (χ0n) is 12.1. The number of amides is 1. The number of hydrogen-bond acceptors (Lipinski definition) is 4. The second-order valence-electron chi connectivity index (χ2n) is 4.61. The van der Waals surface area contributed by atoms with Gasteiger partial charge in [-0.2, -0.15) is 0 Å². The van der Waals surface area contributed by atoms with Crippen LogP contribution in [0.3, 0.4) is 0 Å². The van der Waals surface area contributed by atoms with Crippen molar-refractivity contribution in [3.8, 4) is 11.5 Å². The highest BCUT2D eigenvalue weighted by Gasteiger charge is 2.07. The fourth-order valence-corrected chi connectivity index (χ4v) is 1.75. The van der Waals surface area contributed by atoms with Crippen molar-refractivity contribution >= 4 is 5.91 Å². The summed E-state index contributed by atoms with van der Waals surface area (Å²) in [6, 6.07) is 7.32. The summed E-state index contributed by atoms with van der Waals surface area (Å²) in [6.45, 7) is 2.42. The number of ether oxygens (including phenoxy) is 2. The van der Waals surface area contributed by atoms with Crippen molar-refractivity contribution in [3.63, 3.8) is 0 Å². The highest BCUT2D eigenvalue weighted by atomic mass is 16.5. The predicted molar refractivity (Wildman–Crippen MR) is 77.0 cm³/mol. The van der Waals surface area contributed by atoms with E-state index in [1.54, 1.807) is 19.2 Å². The van der Waals surface area contributed by atoms with Crippen molar-refractivity contribution in [3.05, 3.63) is 24.3 Å². The summed E-state index contributed by atoms with van der Waals surface area (Å²) in [5, 5.41) is 11.6. The molecule has 2 N–H and O–H groups in total. The minimum atomic E-state index is -0.0380. The Labute approximate surface area is 119 Å². The molecule has 0 radical (unpaired) electrons. The van der Waals surface area contributed by atoms with Crippen LogP contribution in [0.2, 0.25) is 0 Å². The number of hydrogen-bond donors (Lipinski definition) is 2. The van der Waals surface area contributed by atoms with Gasteiger partial charge in [0.05, 0.1) is 20.1 Å². The summed E-state index contributed by atoms with van der Waals surface area (Å²) < 4.78 is 10.5. The first-order chi connectivity index (χ1) is 9.65. The molecule has 0 heterocycles. The molecule has 1 rings (SSSR count). The van der Waals surface area contributed by atoms with Gasteiger partial charge in [0.25, 0.3) is 0 Å². The van der Waals surface area contributed by atoms with Gasteiger partial charge in [-0.3, -0.25) is 4.79 Å². The van der Waals surface area contributed by atoms with Gasteiger partial charge >= 0.3 is 0 Å². The van der Waals surface area contributed by atoms with E-state index in [1.165, 1.54) is 0 Å². The van der Waals surface area contributed by atoms with Crippen molar-refractivity contribution in [2.45, 2.75) is 32.2 Å². The Balaban J connectivity index is 2.20. The van der Waals surface area contributed by atoms with E-state index in [2.05, 4.69) is 5.32 Å². The number of rotatable bonds is 9. The van der Waals surface area contributed by atoms with Crippen LogP contribution in [-0.2, 0) is 4.79 Å². The summed E-state index contributed by atoms with van der Waals surface area (Å²) in [7, 11) is 1.61. The molecule has 0 aromatic heterocycles. The number of methoxy groups -OCH3 is 1. The average molecular weight is 281 g/mol. The Morgan fingerprint density at radius 3 is 2.55 bits per heavy atom. The molecule has 0 aliphatic heterocycles. The third-order valence-corrected chi connectivity index (χ3v) is 2.86. The number of nitrogens with one attached hydrogen (secondary N) is 1. The lowest BCUT2D eigenvalue weighted by molar-refractivity contribution is -0.122. The van der Waals surface area contributed by atoms with Crippen LogP contribution in [-0.4, -0.2) is 37.4 Å². The Hall–Kier alpha value is -1.75. The van der Waals surface area contributed by atoms with Crippen molar-refractivity contribution < 1.29 is 19.4 Å². The molecule has 1 atom stereocenters. The van der Waals surface area contributed by atoms with Crippen molar-refractivity contribution in [1.29, 1.82) is 0 Å². The number of aliphatic hydroxyl groups is 1. The molecular formula is C15H23NO4. The fraction of sp³-hybridized carbons (Fsp3) is 0.533. The van der Waals surface area contributed by atoms with Crippen LogP contribution in [0.1, 0.15) is 26.2 Å². The molecule has 0 aliphatic carbocycles. The molecule has 0 saturated carbocycles. The number of benzene rings is 1. The zero-order valence-corrected chi connectivity index (χ0v) is 12.1. The maximum absolute atomic E-state index is 11.6. The van der Waals surface area contributed by atoms with Gasteiger partial charge in [-0.1, -0.05) is 0 Å². The van der Waals surface area contributed by atoms with E-state index < -0.39 is 0 Å². The summed E-state index contributed by atoms with van der Waals surface area (Å²) in [5.74, 6) is 1.45. The second kappa shape index (κ2) is 9.20. The predicted octanol–water partition coefficient (Wildman–Crippen LogP) is 1.74. The van der Waals surface area contributed by atoms with E-state index in [0.29, 0.717) is 25.2 Å². The van der Waals surface area contributed by atoms with Gasteiger partial charge in [0.1, 0.15) is 11.5 Å². The normalized spacial score (nSPS) is 11.8. The quantitative estimate of drug-likeness (QED) is 0.723. The van der Waals surface area contributed by atoms with Gasteiger partial charge in [0.2, 0.25) is 5.91 Å². The van der Waals surface area contributed by atoms with Crippen LogP contribution >= 0.6 is 0 Å². The van der Waals surface area contributed by atoms with Crippen LogP contribution in [0.25, 0.3) is 0 Å². The maximum Gasteiger partial charge on any atom is 0.223 e. The molecule has 1 aromatic carbocycles. The molecule has 5 nitrogen and oxygen atoms in total. The lowest BCUT2D eigenvalue weighted by Gasteiger charge is -2.13. The van der Waals surface area contributed by atoms with Crippen LogP contribution in [0.15, 0.2) is 24.3 Å². The SMILES string of the molecule is COc1ccc(OCCC(=O)NC(C)CCCO)cc1. The lowest BCUT2D eigenvalue weighted by atomic mass is 10.2. The van der Waals surface area contributed by atoms with E-state index in [9.17, 15) is 4.79 Å². The largest absolute Gasteiger partial charge is 0.497 e. The maximum atomic E-state index is 11.6. The average Bonchev–Trinajstić information content (AvgIpc) is 2.45. The molecule has 1 aromatic rings. The molecule has 5 heteroatoms. The number of carbonyl (C=O) groups excluding carboxylic acids is 1. The fourth-order valence-electron chi connectivity index (χ4n) is 1.75. The summed E-state index contributed by atoms with van der Waals surface area (Å²) in [5.41, 5.74) is 0. The third kappa shape index (κ3) is 6.43. The molecule has 112 valence electrons. The lowest BCUT2D eigenvalue weighted by Crippen LogP contribution is -2.33. The molecule has 0 fully saturated rings. The van der Waals surface area contributed by atoms with Crippen LogP contribution in [0.4, 0.5) is 0 Å². The second-order valence-corrected chi connectivity index (χ2v) is 4.61. The van der Waals surface area contributed by atoms with Crippen molar-refractivity contribution in [1.82, 2.24) is 5.32 Å². The van der Waals surface area contributed by atoms with Gasteiger partial charge in [-0.25, -0.2) is 0 Å². The smallest absolute Gasteiger partial charge is 0.223 e. The summed E-state index contributed by atoms with van der Waals surface area (Å²) in [6.07, 6.45) is 1.79. The Kier molecular flexibility index (Phi) is 7.50. The van der Waals surface area contributed by atoms with Gasteiger partial charge in [0.15, 0.2) is 0 Å². The topological polar surface area (TPSA) is 67.8 Å². The first-order valence-electron chi connectivity index (χ1n) is 6.82. The molecule has 0 spiro atoms. The molecule has 0 saturated heterocycles. The standard InChI is InChI=1S/C15H23NO4/c1-12(4-3-10-17)16-15(18)9-11-20-14-7-5-13(19-2)6-8-14/h5-8,12,17H,3-4,9-11H2,1-2H3,(H,16,18). The van der Waals surface area contributed by atoms with Crippen LogP contribution in [0, 0.1) is 0 Å². The first kappa shape index (κ1) is 16.3. The van der Waals surface area contributed by atoms with Gasteiger partial charge < -0.3 is 19.9 Å². The molecular weight excluding hydrogens is 258 g/mol. The molecule has 0 bridgehead atoms. The third-order valence-electron chi connectivity index (χ3n) is 2.86. The number of carbonyl (C=O) groups is 1. The minimum Gasteiger partial charge on any atom is -0.497 e. The Morgan fingerprint density at radius 1 is 1.30 bits per heavy atom. The van der Waals surface area contributed by atoms with Gasteiger partial charge in [0, 0.05) is 12.6 Å². The molecule has 1 amide bonds. The van der Waals surface area contributed by atoms with Crippen LogP contribution in [0.5, 0.6) is 11.5 Å². The van der Waals surface area contributed by atoms with Gasteiger partial charge in [-0.15, -0.1) is 0 Å². The van der Waals surface area contributed by atoms with Crippen molar-refractivity contribution in [2.24, 2.45) is 0 Å². The van der Waals surface area contributed by atoms with Crippen LogP contribution < -0.4 is 14.8 Å². The van der Waals surface area contributed by atoms with E-state index in [-0.39, 0.29) is 18.6 Å². The Bertz CT molecular complexity index is 391. The van der Waals surface area contributed by atoms with E-state index >= 15 is 0 Å². The highest BCUT2D eigenvalue weighted by molar-refractivity contribution is 5.76. The first-order valence-corrected chi connectivity index (χ1v) is 6.82. The highest BCUT2D eigenvalue weighted by Crippen LogP contribution is 2.16. The van der Waals surface area contributed by atoms with E-state index in [1.807, 2.05) is 19.1 Å². The van der Waals surface area contributed by atoms with E-state index in [4.69, 9.17) is 14.6 Å². The summed E-state index contributed by atoms with van der Waals surface area (Å²) >= 11 is 0. The number of aliphatic hydroxyl groups excluding tert-OH is 1. The minimum absolute atomic E-state index is 0.0380. The molecule has 0 aliphatic rings. The van der Waals surface area contributed by atoms with E-state index in [0.717, 1.165) is 12.2 Å². The molecule has 20 heavy (non-hydrogen) atoms. The zero-order chi connectivity index (χ0) is 14.8. The monoisotopic (exact) mass is 281 g/mol. The van der Waals surface area contributed by atoms with Crippen molar-refractivity contribution in [2.75, 3.05) is 20.3 Å². The Morgan fingerprint density at radius 2 is 1.95 bits per heavy atom. The van der Waals surface area contributed by atoms with Gasteiger partial charge in [-0.05, 0) is 44.0 Å². The summed E-state index contributed by atoms with van der Waals surface area (Å²) in [4.78, 5) is 11.6. The molecule has 1 unspecified atom stereocenters.